The van der Waals surface area contributed by atoms with Gasteiger partial charge >= 0.3 is 0 Å². The van der Waals surface area contributed by atoms with Crippen molar-refractivity contribution in [1.29, 1.82) is 0 Å². The third kappa shape index (κ3) is 4.84. The minimum absolute atomic E-state index is 0.657. The molecule has 0 saturated carbocycles. The molecule has 3 heterocycles. The van der Waals surface area contributed by atoms with Crippen molar-refractivity contribution in [1.82, 2.24) is 19.1 Å². The van der Waals surface area contributed by atoms with E-state index < -0.39 is 0 Å². The summed E-state index contributed by atoms with van der Waals surface area (Å²) in [5, 5.41) is 4.91. The molecule has 3 aromatic heterocycles. The summed E-state index contributed by atoms with van der Waals surface area (Å²) in [6.07, 6.45) is 1.90. The molecule has 0 bridgehead atoms. The molecule has 0 aliphatic carbocycles. The number of rotatable bonds is 6. The molecule has 10 aromatic rings. The summed E-state index contributed by atoms with van der Waals surface area (Å²) in [5.41, 5.74) is 12.5. The number of nitrogens with zero attached hydrogens (tertiary/aromatic N) is 4. The molecule has 0 atom stereocenters. The van der Waals surface area contributed by atoms with Gasteiger partial charge in [0.25, 0.3) is 0 Å². The molecule has 0 N–H and O–H groups in total. The summed E-state index contributed by atoms with van der Waals surface area (Å²) in [4.78, 5) is 10.5. The van der Waals surface area contributed by atoms with E-state index in [1.54, 1.807) is 0 Å². The summed E-state index contributed by atoms with van der Waals surface area (Å²) in [6, 6.07) is 62.0. The second-order valence-corrected chi connectivity index (χ2v) is 13.1. The molecule has 52 heavy (non-hydrogen) atoms. The normalized spacial score (nSPS) is 11.5. The fraction of sp³-hybridized carbons (Fsp3) is 0. The lowest BCUT2D eigenvalue weighted by molar-refractivity contribution is 1.15. The third-order valence-corrected chi connectivity index (χ3v) is 10.0. The van der Waals surface area contributed by atoms with Crippen molar-refractivity contribution in [3.05, 3.63) is 188 Å². The number of hydrogen-bond donors (Lipinski definition) is 0. The highest BCUT2D eigenvalue weighted by atomic mass is 15.0. The van der Waals surface area contributed by atoms with Crippen LogP contribution >= 0.6 is 0 Å². The van der Waals surface area contributed by atoms with E-state index in [2.05, 4.69) is 186 Å². The van der Waals surface area contributed by atoms with E-state index in [0.717, 1.165) is 56.0 Å². The third-order valence-electron chi connectivity index (χ3n) is 10.0. The smallest absolute Gasteiger partial charge is 0.160 e. The summed E-state index contributed by atoms with van der Waals surface area (Å²) >= 11 is 0. The van der Waals surface area contributed by atoms with E-state index >= 15 is 0 Å². The van der Waals surface area contributed by atoms with Gasteiger partial charge in [-0.1, -0.05) is 128 Å². The molecule has 0 amide bonds. The Bertz CT molecular complexity index is 2880. The van der Waals surface area contributed by atoms with Crippen LogP contribution in [0.4, 0.5) is 0 Å². The monoisotopic (exact) mass is 664 g/mol. The van der Waals surface area contributed by atoms with E-state index in [1.807, 2.05) is 12.1 Å². The van der Waals surface area contributed by atoms with E-state index in [1.165, 1.54) is 32.6 Å². The molecule has 0 radical (unpaired) electrons. The average molecular weight is 665 g/mol. The van der Waals surface area contributed by atoms with Gasteiger partial charge in [-0.05, 0) is 66.2 Å². The Hall–Kier alpha value is -7.04. The summed E-state index contributed by atoms with van der Waals surface area (Å²) in [7, 11) is 0. The van der Waals surface area contributed by atoms with Gasteiger partial charge in [0.05, 0.1) is 33.5 Å². The lowest BCUT2D eigenvalue weighted by Crippen LogP contribution is -2.00. The van der Waals surface area contributed by atoms with Crippen molar-refractivity contribution in [3.63, 3.8) is 0 Å². The molecule has 244 valence electrons. The lowest BCUT2D eigenvalue weighted by Gasteiger charge is -2.14. The standard InChI is InChI=1S/C48H32N4/c1-2-32-27-35(30-37(28-32)52-46-25-12-8-21-40(46)41-22-9-13-26-47(41)52)48-49-42(33-15-4-3-5-16-33)31-43(50-48)34-17-14-18-36(29-34)51-44-23-10-6-19-38(44)39-20-7-11-24-45(39)51/h2-31H,1H2. The predicted molar refractivity (Wildman–Crippen MR) is 217 cm³/mol. The molecule has 10 rings (SSSR count). The molecule has 0 fully saturated rings. The van der Waals surface area contributed by atoms with Crippen molar-refractivity contribution in [2.24, 2.45) is 0 Å². The van der Waals surface area contributed by atoms with Crippen LogP contribution in [0.15, 0.2) is 183 Å². The van der Waals surface area contributed by atoms with Gasteiger partial charge in [0.2, 0.25) is 0 Å². The highest BCUT2D eigenvalue weighted by Crippen LogP contribution is 2.36. The molecule has 4 nitrogen and oxygen atoms in total. The van der Waals surface area contributed by atoms with Gasteiger partial charge in [-0.3, -0.25) is 0 Å². The molecule has 0 saturated heterocycles. The highest BCUT2D eigenvalue weighted by molar-refractivity contribution is 6.10. The van der Waals surface area contributed by atoms with Crippen LogP contribution in [0.25, 0.3) is 95.0 Å². The van der Waals surface area contributed by atoms with Gasteiger partial charge in [0, 0.05) is 49.6 Å². The Morgan fingerprint density at radius 2 is 0.846 bits per heavy atom. The maximum atomic E-state index is 5.31. The summed E-state index contributed by atoms with van der Waals surface area (Å²) < 4.78 is 4.68. The molecule has 4 heteroatoms. The topological polar surface area (TPSA) is 35.6 Å². The largest absolute Gasteiger partial charge is 0.309 e. The maximum absolute atomic E-state index is 5.31. The van der Waals surface area contributed by atoms with Gasteiger partial charge < -0.3 is 9.13 Å². The van der Waals surface area contributed by atoms with Crippen LogP contribution < -0.4 is 0 Å². The molecular formula is C48H32N4. The zero-order valence-electron chi connectivity index (χ0n) is 28.3. The van der Waals surface area contributed by atoms with Gasteiger partial charge in [0.1, 0.15) is 0 Å². The first-order valence-corrected chi connectivity index (χ1v) is 17.5. The molecule has 0 spiro atoms. The van der Waals surface area contributed by atoms with E-state index in [4.69, 9.17) is 9.97 Å². The van der Waals surface area contributed by atoms with E-state index in [0.29, 0.717) is 5.82 Å². The lowest BCUT2D eigenvalue weighted by atomic mass is 10.0. The molecule has 0 unspecified atom stereocenters. The fourth-order valence-electron chi connectivity index (χ4n) is 7.70. The number of para-hydroxylation sites is 4. The summed E-state index contributed by atoms with van der Waals surface area (Å²) in [6.45, 7) is 4.17. The minimum Gasteiger partial charge on any atom is -0.309 e. The predicted octanol–water partition coefficient (Wildman–Crippen LogP) is 12.3. The second kappa shape index (κ2) is 12.1. The van der Waals surface area contributed by atoms with Crippen LogP contribution in [0.1, 0.15) is 5.56 Å². The van der Waals surface area contributed by atoms with Crippen molar-refractivity contribution in [2.45, 2.75) is 0 Å². The van der Waals surface area contributed by atoms with Gasteiger partial charge in [0.15, 0.2) is 5.82 Å². The Kier molecular flexibility index (Phi) is 6.93. The van der Waals surface area contributed by atoms with Crippen molar-refractivity contribution >= 4 is 49.7 Å². The van der Waals surface area contributed by atoms with Crippen LogP contribution in [0, 0.1) is 0 Å². The van der Waals surface area contributed by atoms with Crippen LogP contribution in [0.5, 0.6) is 0 Å². The van der Waals surface area contributed by atoms with Crippen molar-refractivity contribution < 1.29 is 0 Å². The van der Waals surface area contributed by atoms with Crippen molar-refractivity contribution in [2.75, 3.05) is 0 Å². The number of hydrogen-bond acceptors (Lipinski definition) is 2. The Morgan fingerprint density at radius 3 is 1.40 bits per heavy atom. The Labute approximate surface area is 301 Å². The van der Waals surface area contributed by atoms with E-state index in [9.17, 15) is 0 Å². The summed E-state index contributed by atoms with van der Waals surface area (Å²) in [5.74, 6) is 0.657. The number of benzene rings is 7. The average Bonchev–Trinajstić information content (AvgIpc) is 3.74. The van der Waals surface area contributed by atoms with Crippen LogP contribution in [-0.4, -0.2) is 19.1 Å². The molecule has 0 aliphatic heterocycles. The van der Waals surface area contributed by atoms with Crippen LogP contribution in [0.3, 0.4) is 0 Å². The van der Waals surface area contributed by atoms with Crippen LogP contribution in [-0.2, 0) is 0 Å². The van der Waals surface area contributed by atoms with Gasteiger partial charge in [-0.15, -0.1) is 0 Å². The quantitative estimate of drug-likeness (QED) is 0.177. The van der Waals surface area contributed by atoms with Crippen LogP contribution in [0.2, 0.25) is 0 Å². The maximum Gasteiger partial charge on any atom is 0.160 e. The van der Waals surface area contributed by atoms with Gasteiger partial charge in [-0.25, -0.2) is 9.97 Å². The zero-order chi connectivity index (χ0) is 34.6. The van der Waals surface area contributed by atoms with Crippen molar-refractivity contribution in [3.8, 4) is 45.3 Å². The first-order valence-electron chi connectivity index (χ1n) is 17.5. The SMILES string of the molecule is C=Cc1cc(-c2nc(-c3ccccc3)cc(-c3cccc(-n4c5ccccc5c5ccccc54)c3)n2)cc(-n2c3ccccc3c3ccccc32)c1. The first-order chi connectivity index (χ1) is 25.7. The molecule has 7 aromatic carbocycles. The van der Waals surface area contributed by atoms with E-state index in [-0.39, 0.29) is 0 Å². The molecule has 0 aliphatic rings. The number of fused-ring (bicyclic) bond motifs is 6. The first kappa shape index (κ1) is 29.8. The highest BCUT2D eigenvalue weighted by Gasteiger charge is 2.17. The molecular weight excluding hydrogens is 633 g/mol. The zero-order valence-corrected chi connectivity index (χ0v) is 28.3. The number of aromatic nitrogens is 4. The van der Waals surface area contributed by atoms with Gasteiger partial charge in [-0.2, -0.15) is 0 Å². The Morgan fingerprint density at radius 1 is 0.385 bits per heavy atom. The second-order valence-electron chi connectivity index (χ2n) is 13.1. The minimum atomic E-state index is 0.657. The Balaban J connectivity index is 1.18. The fourth-order valence-corrected chi connectivity index (χ4v) is 7.70.